The molecule has 1 heterocycles. The maximum Gasteiger partial charge on any atom is 0.341 e. The molecule has 1 atom stereocenters. The number of carboxylic acid groups (broad SMARTS) is 1. The summed E-state index contributed by atoms with van der Waals surface area (Å²) in [5, 5.41) is 9.16. The first-order valence-corrected chi connectivity index (χ1v) is 8.30. The van der Waals surface area contributed by atoms with E-state index in [2.05, 4.69) is 6.92 Å². The third kappa shape index (κ3) is 3.94. The molecule has 1 amide bonds. The monoisotopic (exact) mass is 323 g/mol. The number of carboxylic acids is 1. The van der Waals surface area contributed by atoms with E-state index >= 15 is 0 Å². The van der Waals surface area contributed by atoms with Gasteiger partial charge in [-0.25, -0.2) is 4.79 Å². The molecule has 5 nitrogen and oxygen atoms in total. The summed E-state index contributed by atoms with van der Waals surface area (Å²) in [4.78, 5) is 25.1. The molecule has 1 N–H and O–H groups in total. The molecule has 1 saturated heterocycles. The minimum absolute atomic E-state index is 0.0307. The zero-order valence-corrected chi connectivity index (χ0v) is 13.9. The molecule has 6 heteroatoms. The van der Waals surface area contributed by atoms with E-state index in [1.54, 1.807) is 12.1 Å². The molecule has 1 unspecified atom stereocenters. The van der Waals surface area contributed by atoms with E-state index in [1.807, 2.05) is 30.5 Å². The van der Waals surface area contributed by atoms with Crippen molar-refractivity contribution >= 4 is 23.6 Å². The van der Waals surface area contributed by atoms with Crippen LogP contribution in [0.2, 0.25) is 0 Å². The molecule has 1 aliphatic heterocycles. The second-order valence-electron chi connectivity index (χ2n) is 5.55. The second kappa shape index (κ2) is 7.05. The molecule has 0 saturated carbocycles. The van der Waals surface area contributed by atoms with Crippen LogP contribution in [0.1, 0.15) is 28.4 Å². The van der Waals surface area contributed by atoms with Crippen molar-refractivity contribution in [3.63, 3.8) is 0 Å². The molecule has 1 fully saturated rings. The van der Waals surface area contributed by atoms with Crippen molar-refractivity contribution in [3.8, 4) is 5.75 Å². The zero-order valence-electron chi connectivity index (χ0n) is 13.1. The van der Waals surface area contributed by atoms with Gasteiger partial charge in [0.25, 0.3) is 5.91 Å². The van der Waals surface area contributed by atoms with Gasteiger partial charge in [-0.1, -0.05) is 6.92 Å². The third-order valence-corrected chi connectivity index (χ3v) is 4.71. The molecule has 0 bridgehead atoms. The van der Waals surface area contributed by atoms with Crippen molar-refractivity contribution < 1.29 is 19.4 Å². The number of aryl methyl sites for hydroxylation is 2. The Morgan fingerprint density at radius 3 is 2.55 bits per heavy atom. The summed E-state index contributed by atoms with van der Waals surface area (Å²) < 4.78 is 5.30. The summed E-state index contributed by atoms with van der Waals surface area (Å²) in [7, 11) is 0. The van der Waals surface area contributed by atoms with Gasteiger partial charge in [-0.05, 0) is 37.1 Å². The van der Waals surface area contributed by atoms with Gasteiger partial charge in [0.2, 0.25) is 0 Å². The van der Waals surface area contributed by atoms with Crippen LogP contribution >= 0.6 is 11.8 Å². The molecule has 1 aliphatic rings. The molecule has 0 spiro atoms. The molecule has 2 rings (SSSR count). The lowest BCUT2D eigenvalue weighted by Crippen LogP contribution is -2.41. The number of rotatable bonds is 4. The lowest BCUT2D eigenvalue weighted by Gasteiger charge is -2.31. The van der Waals surface area contributed by atoms with Crippen molar-refractivity contribution in [2.45, 2.75) is 26.0 Å². The second-order valence-corrected chi connectivity index (χ2v) is 7.10. The van der Waals surface area contributed by atoms with Gasteiger partial charge >= 0.3 is 5.97 Å². The van der Waals surface area contributed by atoms with E-state index in [4.69, 9.17) is 9.84 Å². The summed E-state index contributed by atoms with van der Waals surface area (Å²) in [5.74, 6) is 0.522. The predicted octanol–water partition coefficient (Wildman–Crippen LogP) is 2.34. The van der Waals surface area contributed by atoms with Crippen LogP contribution in [0.25, 0.3) is 0 Å². The average Bonchev–Trinajstić information content (AvgIpc) is 2.45. The zero-order chi connectivity index (χ0) is 16.3. The smallest absolute Gasteiger partial charge is 0.341 e. The first kappa shape index (κ1) is 16.7. The molecule has 0 aromatic heterocycles. The maximum atomic E-state index is 12.6. The van der Waals surface area contributed by atoms with Gasteiger partial charge in [-0.15, -0.1) is 0 Å². The fourth-order valence-electron chi connectivity index (χ4n) is 2.62. The van der Waals surface area contributed by atoms with Gasteiger partial charge in [0.1, 0.15) is 5.75 Å². The Kier molecular flexibility index (Phi) is 5.34. The number of hydrogen-bond acceptors (Lipinski definition) is 4. The summed E-state index contributed by atoms with van der Waals surface area (Å²) in [6.07, 6.45) is 0. The third-order valence-electron chi connectivity index (χ3n) is 3.58. The highest BCUT2D eigenvalue weighted by Crippen LogP contribution is 2.26. The molecule has 120 valence electrons. The van der Waals surface area contributed by atoms with E-state index < -0.39 is 5.97 Å². The summed E-state index contributed by atoms with van der Waals surface area (Å²) in [6.45, 7) is 6.94. The number of aliphatic carboxylic acids is 1. The minimum Gasteiger partial charge on any atom is -0.481 e. The standard InChI is InChI=1S/C16H21NO4S/c1-10-6-13(7-11(2)15(10)21-9-14(18)19)16(20)17-4-5-22-12(3)8-17/h6-7,12H,4-5,8-9H2,1-3H3,(H,18,19). The number of carbonyl (C=O) groups excluding carboxylic acids is 1. The van der Waals surface area contributed by atoms with E-state index in [1.165, 1.54) is 0 Å². The largest absolute Gasteiger partial charge is 0.481 e. The Balaban J connectivity index is 2.18. The van der Waals surface area contributed by atoms with Gasteiger partial charge < -0.3 is 14.7 Å². The number of ether oxygens (including phenoxy) is 1. The summed E-state index contributed by atoms with van der Waals surface area (Å²) >= 11 is 1.88. The minimum atomic E-state index is -1.02. The van der Waals surface area contributed by atoms with Gasteiger partial charge in [-0.2, -0.15) is 11.8 Å². The highest BCUT2D eigenvalue weighted by Gasteiger charge is 2.23. The van der Waals surface area contributed by atoms with Gasteiger partial charge in [0.15, 0.2) is 6.61 Å². The predicted molar refractivity (Wildman–Crippen MR) is 86.9 cm³/mol. The number of amides is 1. The Labute approximate surface area is 134 Å². The molecule has 1 aromatic rings. The molecule has 0 aliphatic carbocycles. The van der Waals surface area contributed by atoms with Crippen molar-refractivity contribution in [2.75, 3.05) is 25.4 Å². The molecule has 1 aromatic carbocycles. The SMILES string of the molecule is Cc1cc(C(=O)N2CCSC(C)C2)cc(C)c1OCC(=O)O. The van der Waals surface area contributed by atoms with Crippen LogP contribution in [0.5, 0.6) is 5.75 Å². The number of hydrogen-bond donors (Lipinski definition) is 1. The van der Waals surface area contributed by atoms with E-state index in [0.717, 1.165) is 30.0 Å². The number of carbonyl (C=O) groups is 2. The highest BCUT2D eigenvalue weighted by atomic mass is 32.2. The lowest BCUT2D eigenvalue weighted by atomic mass is 10.0. The highest BCUT2D eigenvalue weighted by molar-refractivity contribution is 7.99. The lowest BCUT2D eigenvalue weighted by molar-refractivity contribution is -0.139. The maximum absolute atomic E-state index is 12.6. The van der Waals surface area contributed by atoms with Gasteiger partial charge in [0.05, 0.1) is 0 Å². The molecular formula is C16H21NO4S. The van der Waals surface area contributed by atoms with Crippen LogP contribution in [0.3, 0.4) is 0 Å². The van der Waals surface area contributed by atoms with Crippen LogP contribution < -0.4 is 4.74 Å². The summed E-state index contributed by atoms with van der Waals surface area (Å²) in [5.41, 5.74) is 2.20. The quantitative estimate of drug-likeness (QED) is 0.921. The van der Waals surface area contributed by atoms with E-state index in [9.17, 15) is 9.59 Å². The molecular weight excluding hydrogens is 302 g/mol. The van der Waals surface area contributed by atoms with Crippen molar-refractivity contribution in [2.24, 2.45) is 0 Å². The van der Waals surface area contributed by atoms with Gasteiger partial charge in [0, 0.05) is 29.7 Å². The van der Waals surface area contributed by atoms with Gasteiger partial charge in [-0.3, -0.25) is 4.79 Å². The Morgan fingerprint density at radius 2 is 2.00 bits per heavy atom. The first-order chi connectivity index (χ1) is 10.4. The Morgan fingerprint density at radius 1 is 1.36 bits per heavy atom. The normalized spacial score (nSPS) is 18.1. The van der Waals surface area contributed by atoms with Crippen molar-refractivity contribution in [1.29, 1.82) is 0 Å². The van der Waals surface area contributed by atoms with Crippen LogP contribution in [0.15, 0.2) is 12.1 Å². The number of benzene rings is 1. The average molecular weight is 323 g/mol. The summed E-state index contributed by atoms with van der Waals surface area (Å²) in [6, 6.07) is 3.55. The molecule has 0 radical (unpaired) electrons. The number of nitrogens with zero attached hydrogens (tertiary/aromatic N) is 1. The van der Waals surface area contributed by atoms with E-state index in [0.29, 0.717) is 16.6 Å². The fourth-order valence-corrected chi connectivity index (χ4v) is 3.63. The van der Waals surface area contributed by atoms with Crippen LogP contribution in [0.4, 0.5) is 0 Å². The van der Waals surface area contributed by atoms with Crippen LogP contribution in [0, 0.1) is 13.8 Å². The topological polar surface area (TPSA) is 66.8 Å². The Bertz CT molecular complexity index is 565. The number of thioether (sulfide) groups is 1. The Hall–Kier alpha value is -1.69. The van der Waals surface area contributed by atoms with Crippen molar-refractivity contribution in [3.05, 3.63) is 28.8 Å². The van der Waals surface area contributed by atoms with E-state index in [-0.39, 0.29) is 12.5 Å². The fraction of sp³-hybridized carbons (Fsp3) is 0.500. The first-order valence-electron chi connectivity index (χ1n) is 7.25. The van der Waals surface area contributed by atoms with Crippen molar-refractivity contribution in [1.82, 2.24) is 4.90 Å². The van der Waals surface area contributed by atoms with Crippen LogP contribution in [-0.2, 0) is 4.79 Å². The molecule has 22 heavy (non-hydrogen) atoms. The van der Waals surface area contributed by atoms with Crippen LogP contribution in [-0.4, -0.2) is 52.6 Å².